The SMILES string of the molecule is C=C(C)C(=O)Oc1c(I)cc(I)cc1C(=O)OCC(F)(F)S(=O)(=O)[O-]. The summed E-state index contributed by atoms with van der Waals surface area (Å²) in [5.41, 5.74) is -0.359. The molecule has 0 N–H and O–H groups in total. The minimum atomic E-state index is -6.00. The summed E-state index contributed by atoms with van der Waals surface area (Å²) in [6.45, 7) is 2.77. The minimum Gasteiger partial charge on any atom is -0.743 e. The highest BCUT2D eigenvalue weighted by atomic mass is 127. The number of alkyl halides is 2. The van der Waals surface area contributed by atoms with E-state index in [-0.39, 0.29) is 16.9 Å². The Balaban J connectivity index is 3.17. The predicted octanol–water partition coefficient (Wildman–Crippen LogP) is 2.67. The molecule has 0 heterocycles. The first kappa shape index (κ1) is 22.2. The molecule has 12 heteroatoms. The fourth-order valence-electron chi connectivity index (χ4n) is 1.30. The summed E-state index contributed by atoms with van der Waals surface area (Å²) in [6, 6.07) is 2.73. The van der Waals surface area contributed by atoms with Crippen LogP contribution in [0, 0.1) is 7.14 Å². The highest BCUT2D eigenvalue weighted by Gasteiger charge is 2.39. The van der Waals surface area contributed by atoms with Crippen molar-refractivity contribution in [2.24, 2.45) is 0 Å². The molecule has 1 aromatic rings. The van der Waals surface area contributed by atoms with Crippen molar-refractivity contribution in [3.05, 3.63) is 37.0 Å². The number of esters is 2. The van der Waals surface area contributed by atoms with Gasteiger partial charge in [-0.1, -0.05) is 6.58 Å². The van der Waals surface area contributed by atoms with E-state index in [2.05, 4.69) is 11.3 Å². The Morgan fingerprint density at radius 2 is 1.88 bits per heavy atom. The zero-order valence-corrected chi connectivity index (χ0v) is 17.5. The number of ether oxygens (including phenoxy) is 2. The zero-order chi connectivity index (χ0) is 19.6. The standard InChI is InChI=1S/C13H10F2I2O7S/c1-6(2)11(18)24-10-8(3-7(16)4-9(10)17)12(19)23-5-13(14,15)25(20,21)22/h3-4H,1,5H2,2H3,(H,20,21,22)/p-1. The molecular formula is C13H9F2I2O7S-. The molecular weight excluding hydrogens is 592 g/mol. The van der Waals surface area contributed by atoms with E-state index in [1.807, 2.05) is 22.6 Å². The lowest BCUT2D eigenvalue weighted by Crippen LogP contribution is -2.34. The van der Waals surface area contributed by atoms with Gasteiger partial charge in [-0.05, 0) is 64.2 Å². The third-order valence-electron chi connectivity index (χ3n) is 2.51. The fraction of sp³-hybridized carbons (Fsp3) is 0.231. The van der Waals surface area contributed by atoms with Crippen LogP contribution in [0.1, 0.15) is 17.3 Å². The lowest BCUT2D eigenvalue weighted by atomic mass is 10.2. The summed E-state index contributed by atoms with van der Waals surface area (Å²) >= 11 is 3.57. The first-order chi connectivity index (χ1) is 11.3. The number of hydrogen-bond acceptors (Lipinski definition) is 7. The molecule has 0 aromatic heterocycles. The van der Waals surface area contributed by atoms with Crippen molar-refractivity contribution in [2.45, 2.75) is 12.2 Å². The highest BCUT2D eigenvalue weighted by molar-refractivity contribution is 14.1. The van der Waals surface area contributed by atoms with Crippen LogP contribution >= 0.6 is 45.2 Å². The van der Waals surface area contributed by atoms with E-state index < -0.39 is 33.9 Å². The van der Waals surface area contributed by atoms with Gasteiger partial charge in [0.25, 0.3) is 0 Å². The third-order valence-corrected chi connectivity index (χ3v) is 4.78. The Labute approximate surface area is 168 Å². The minimum absolute atomic E-state index is 0.0256. The number of hydrogen-bond donors (Lipinski definition) is 0. The first-order valence-electron chi connectivity index (χ1n) is 6.13. The largest absolute Gasteiger partial charge is 0.743 e. The maximum absolute atomic E-state index is 13.1. The molecule has 0 fully saturated rings. The second-order valence-electron chi connectivity index (χ2n) is 4.60. The van der Waals surface area contributed by atoms with Gasteiger partial charge in [-0.3, -0.25) is 0 Å². The maximum atomic E-state index is 13.1. The molecule has 0 bridgehead atoms. The normalized spacial score (nSPS) is 11.8. The van der Waals surface area contributed by atoms with Crippen LogP contribution in [0.3, 0.4) is 0 Å². The number of halogens is 4. The molecule has 25 heavy (non-hydrogen) atoms. The van der Waals surface area contributed by atoms with Crippen LogP contribution in [-0.2, 0) is 19.6 Å². The van der Waals surface area contributed by atoms with E-state index in [9.17, 15) is 31.3 Å². The topological polar surface area (TPSA) is 110 Å². The summed E-state index contributed by atoms with van der Waals surface area (Å²) in [7, 11) is -6.00. The Morgan fingerprint density at radius 3 is 2.36 bits per heavy atom. The van der Waals surface area contributed by atoms with Gasteiger partial charge in [0, 0.05) is 9.14 Å². The molecule has 0 aliphatic heterocycles. The van der Waals surface area contributed by atoms with Crippen molar-refractivity contribution < 1.29 is 40.8 Å². The van der Waals surface area contributed by atoms with Crippen molar-refractivity contribution >= 4 is 67.2 Å². The van der Waals surface area contributed by atoms with Crippen LogP contribution in [0.2, 0.25) is 0 Å². The first-order valence-corrected chi connectivity index (χ1v) is 9.70. The molecule has 138 valence electrons. The second-order valence-corrected chi connectivity index (χ2v) is 8.52. The van der Waals surface area contributed by atoms with Crippen molar-refractivity contribution in [3.8, 4) is 5.75 Å². The fourth-order valence-corrected chi connectivity index (χ4v) is 3.45. The quantitative estimate of drug-likeness (QED) is 0.162. The number of benzene rings is 1. The Bertz CT molecular complexity index is 837. The summed E-state index contributed by atoms with van der Waals surface area (Å²) in [4.78, 5) is 23.7. The summed E-state index contributed by atoms with van der Waals surface area (Å²) < 4.78 is 67.5. The van der Waals surface area contributed by atoms with E-state index in [4.69, 9.17) is 4.74 Å². The van der Waals surface area contributed by atoms with E-state index in [1.54, 1.807) is 22.6 Å². The molecule has 0 radical (unpaired) electrons. The van der Waals surface area contributed by atoms with Gasteiger partial charge in [-0.25, -0.2) is 18.0 Å². The summed E-state index contributed by atoms with van der Waals surface area (Å²) in [6.07, 6.45) is 0. The smallest absolute Gasteiger partial charge is 0.367 e. The van der Waals surface area contributed by atoms with E-state index in [0.29, 0.717) is 7.14 Å². The van der Waals surface area contributed by atoms with Gasteiger partial charge in [0.1, 0.15) is 5.56 Å². The van der Waals surface area contributed by atoms with Crippen molar-refractivity contribution in [2.75, 3.05) is 6.61 Å². The molecule has 0 saturated carbocycles. The van der Waals surface area contributed by atoms with Crippen LogP contribution < -0.4 is 4.74 Å². The summed E-state index contributed by atoms with van der Waals surface area (Å²) in [5, 5.41) is -4.79. The number of carbonyl (C=O) groups is 2. The Hall–Kier alpha value is -0.870. The van der Waals surface area contributed by atoms with Crippen molar-refractivity contribution in [3.63, 3.8) is 0 Å². The molecule has 0 aliphatic rings. The number of rotatable bonds is 6. The van der Waals surface area contributed by atoms with E-state index in [0.717, 1.165) is 0 Å². The molecule has 0 unspecified atom stereocenters. The van der Waals surface area contributed by atoms with Gasteiger partial charge in [-0.15, -0.1) is 0 Å². The molecule has 0 spiro atoms. The third kappa shape index (κ3) is 5.82. The molecule has 0 aliphatic carbocycles. The van der Waals surface area contributed by atoms with E-state index >= 15 is 0 Å². The Kier molecular flexibility index (Phi) is 7.29. The van der Waals surface area contributed by atoms with Crippen LogP contribution in [0.25, 0.3) is 0 Å². The molecule has 0 saturated heterocycles. The van der Waals surface area contributed by atoms with Gasteiger partial charge in [-0.2, -0.15) is 8.78 Å². The van der Waals surface area contributed by atoms with Gasteiger partial charge < -0.3 is 14.0 Å². The maximum Gasteiger partial charge on any atom is 0.367 e. The van der Waals surface area contributed by atoms with Crippen molar-refractivity contribution in [1.82, 2.24) is 0 Å². The lowest BCUT2D eigenvalue weighted by molar-refractivity contribution is -0.130. The molecule has 0 atom stereocenters. The van der Waals surface area contributed by atoms with Gasteiger partial charge in [0.2, 0.25) is 0 Å². The molecule has 0 amide bonds. The molecule has 1 rings (SSSR count). The van der Waals surface area contributed by atoms with E-state index in [1.165, 1.54) is 19.1 Å². The zero-order valence-electron chi connectivity index (χ0n) is 12.3. The van der Waals surface area contributed by atoms with Crippen molar-refractivity contribution in [1.29, 1.82) is 0 Å². The van der Waals surface area contributed by atoms with Gasteiger partial charge in [0.05, 0.1) is 3.57 Å². The number of carbonyl (C=O) groups excluding carboxylic acids is 2. The molecule has 7 nitrogen and oxygen atoms in total. The van der Waals surface area contributed by atoms with Gasteiger partial charge >= 0.3 is 17.2 Å². The highest BCUT2D eigenvalue weighted by Crippen LogP contribution is 2.30. The average molecular weight is 601 g/mol. The summed E-state index contributed by atoms with van der Waals surface area (Å²) in [5.74, 6) is -2.50. The van der Waals surface area contributed by atoms with Crippen LogP contribution in [-0.4, -0.2) is 36.8 Å². The predicted molar refractivity (Wildman–Crippen MR) is 97.3 cm³/mol. The van der Waals surface area contributed by atoms with Gasteiger partial charge in [0.15, 0.2) is 22.5 Å². The lowest BCUT2D eigenvalue weighted by Gasteiger charge is -2.20. The van der Waals surface area contributed by atoms with Crippen LogP contribution in [0.15, 0.2) is 24.3 Å². The Morgan fingerprint density at radius 1 is 1.32 bits per heavy atom. The van der Waals surface area contributed by atoms with Crippen LogP contribution in [0.4, 0.5) is 8.78 Å². The van der Waals surface area contributed by atoms with Crippen LogP contribution in [0.5, 0.6) is 5.75 Å². The molecule has 1 aromatic carbocycles. The monoisotopic (exact) mass is 601 g/mol. The second kappa shape index (κ2) is 8.22. The average Bonchev–Trinajstić information content (AvgIpc) is 2.45.